The van der Waals surface area contributed by atoms with E-state index in [-0.39, 0.29) is 11.8 Å². The van der Waals surface area contributed by atoms with Crippen molar-refractivity contribution in [2.24, 2.45) is 4.99 Å². The number of rotatable bonds is 3. The van der Waals surface area contributed by atoms with E-state index in [4.69, 9.17) is 9.98 Å². The lowest BCUT2D eigenvalue weighted by Gasteiger charge is -2.36. The number of piperazine rings is 1. The topological polar surface area (TPSA) is 79.8 Å². The molecule has 0 bridgehead atoms. The van der Waals surface area contributed by atoms with Gasteiger partial charge in [-0.1, -0.05) is 6.08 Å². The lowest BCUT2D eigenvalue weighted by molar-refractivity contribution is 0.189. The number of aliphatic imine (C=N–C) groups is 1. The maximum atomic E-state index is 9.53. The summed E-state index contributed by atoms with van der Waals surface area (Å²) in [5.74, 6) is 1.95. The normalized spacial score (nSPS) is 21.1. The molecule has 0 amide bonds. The van der Waals surface area contributed by atoms with Gasteiger partial charge in [-0.05, 0) is 62.0 Å². The van der Waals surface area contributed by atoms with Crippen molar-refractivity contribution in [3.63, 3.8) is 0 Å². The maximum Gasteiger partial charge on any atom is 0.138 e. The molecule has 3 aromatic rings. The first-order chi connectivity index (χ1) is 15.6. The molecule has 0 radical (unpaired) electrons. The van der Waals surface area contributed by atoms with Crippen molar-refractivity contribution in [1.29, 1.82) is 0 Å². The molecule has 1 fully saturated rings. The summed E-state index contributed by atoms with van der Waals surface area (Å²) < 4.78 is 0. The van der Waals surface area contributed by atoms with Crippen LogP contribution in [0, 0.1) is 0 Å². The summed E-state index contributed by atoms with van der Waals surface area (Å²) >= 11 is 0. The highest BCUT2D eigenvalue weighted by Crippen LogP contribution is 2.28. The number of hydrogen-bond donors (Lipinski definition) is 3. The second-order valence-electron chi connectivity index (χ2n) is 8.74. The van der Waals surface area contributed by atoms with Crippen molar-refractivity contribution in [3.05, 3.63) is 71.6 Å². The quantitative estimate of drug-likeness (QED) is 0.600. The molecule has 2 aliphatic heterocycles. The molecule has 0 spiro atoms. The van der Waals surface area contributed by atoms with Gasteiger partial charge < -0.3 is 25.2 Å². The molecule has 6 rings (SSSR count). The van der Waals surface area contributed by atoms with Gasteiger partial charge in [-0.25, -0.2) is 4.98 Å². The fourth-order valence-electron chi connectivity index (χ4n) is 4.58. The monoisotopic (exact) mass is 426 g/mol. The molecular weight excluding hydrogens is 400 g/mol. The molecule has 32 heavy (non-hydrogen) atoms. The van der Waals surface area contributed by atoms with E-state index in [1.807, 2.05) is 18.2 Å². The van der Waals surface area contributed by atoms with Crippen LogP contribution in [0.1, 0.15) is 12.0 Å². The number of phenolic OH excluding ortho intramolecular Hbond substituents is 1. The number of hydrogen-bond acceptors (Lipinski definition) is 6. The Morgan fingerprint density at radius 1 is 1.00 bits per heavy atom. The van der Waals surface area contributed by atoms with Gasteiger partial charge in [-0.15, -0.1) is 0 Å². The third-order valence-electron chi connectivity index (χ3n) is 6.52. The number of aromatic amines is 1. The molecule has 3 aliphatic rings. The molecule has 3 N–H and O–H groups in total. The second kappa shape index (κ2) is 7.53. The number of likely N-dealkylation sites (N-methyl/N-ethyl adjacent to an activating group) is 1. The molecule has 3 heterocycles. The Balaban J connectivity index is 1.23. The number of allylic oxidation sites excluding steroid dienone is 1. The van der Waals surface area contributed by atoms with Gasteiger partial charge in [0.15, 0.2) is 0 Å². The summed E-state index contributed by atoms with van der Waals surface area (Å²) in [6.45, 7) is 4.36. The van der Waals surface area contributed by atoms with Gasteiger partial charge in [0.05, 0.1) is 17.1 Å². The minimum Gasteiger partial charge on any atom is -0.508 e. The predicted molar refractivity (Wildman–Crippen MR) is 127 cm³/mol. The smallest absolute Gasteiger partial charge is 0.138 e. The van der Waals surface area contributed by atoms with Gasteiger partial charge in [0, 0.05) is 48.7 Å². The van der Waals surface area contributed by atoms with Crippen molar-refractivity contribution in [2.75, 3.05) is 33.2 Å². The third kappa shape index (κ3) is 3.44. The van der Waals surface area contributed by atoms with Crippen LogP contribution in [0.2, 0.25) is 0 Å². The van der Waals surface area contributed by atoms with E-state index in [2.05, 4.69) is 51.4 Å². The summed E-state index contributed by atoms with van der Waals surface area (Å²) in [6.07, 6.45) is 5.53. The van der Waals surface area contributed by atoms with Crippen LogP contribution in [0.25, 0.3) is 22.4 Å². The second-order valence-corrected chi connectivity index (χ2v) is 8.74. The summed E-state index contributed by atoms with van der Waals surface area (Å²) in [5, 5.41) is 13.1. The van der Waals surface area contributed by atoms with E-state index in [1.165, 1.54) is 11.4 Å². The number of amidine groups is 1. The van der Waals surface area contributed by atoms with Crippen molar-refractivity contribution in [2.45, 2.75) is 12.5 Å². The van der Waals surface area contributed by atoms with Gasteiger partial charge in [-0.3, -0.25) is 4.99 Å². The van der Waals surface area contributed by atoms with Gasteiger partial charge in [0.25, 0.3) is 0 Å². The Hall–Kier alpha value is -3.58. The predicted octanol–water partition coefficient (Wildman–Crippen LogP) is 3.07. The Morgan fingerprint density at radius 2 is 1.78 bits per heavy atom. The molecule has 162 valence electrons. The molecular formula is C25H26N6O. The lowest BCUT2D eigenvalue weighted by atomic mass is 10.0. The lowest BCUT2D eigenvalue weighted by Crippen LogP contribution is -2.44. The number of imidazole rings is 1. The molecule has 1 saturated heterocycles. The number of aromatic nitrogens is 2. The van der Waals surface area contributed by atoms with Crippen molar-refractivity contribution in [3.8, 4) is 17.1 Å². The fourth-order valence-corrected chi connectivity index (χ4v) is 4.58. The SMILES string of the molecule is CN1CCN(C2=CCC3N=C(c4ccc5nc(-c6ccc(O)cc6)[nH]c5c4)NC3=C2)CC1. The number of nitrogens with one attached hydrogen (secondary N) is 2. The van der Waals surface area contributed by atoms with Crippen LogP contribution in [0.15, 0.2) is 71.0 Å². The van der Waals surface area contributed by atoms with Crippen LogP contribution in [-0.4, -0.2) is 70.0 Å². The number of H-pyrrole nitrogens is 1. The molecule has 2 aromatic carbocycles. The van der Waals surface area contributed by atoms with Gasteiger partial charge in [0.2, 0.25) is 0 Å². The molecule has 1 aromatic heterocycles. The molecule has 7 heteroatoms. The maximum absolute atomic E-state index is 9.53. The first kappa shape index (κ1) is 19.1. The zero-order chi connectivity index (χ0) is 21.7. The minimum absolute atomic E-state index is 0.172. The summed E-state index contributed by atoms with van der Waals surface area (Å²) in [7, 11) is 2.18. The van der Waals surface area contributed by atoms with Gasteiger partial charge >= 0.3 is 0 Å². The van der Waals surface area contributed by atoms with E-state index < -0.39 is 0 Å². The van der Waals surface area contributed by atoms with Crippen molar-refractivity contribution >= 4 is 16.9 Å². The zero-order valence-corrected chi connectivity index (χ0v) is 18.0. The number of benzene rings is 2. The average molecular weight is 427 g/mol. The standard InChI is InChI=1S/C25H26N6O/c1-30-10-12-31(13-11-30)18-5-9-21-23(15-18)29-25(27-21)17-4-8-20-22(14-17)28-24(26-20)16-2-6-19(32)7-3-16/h2-8,14-15,21,32H,9-13H2,1H3,(H,26,28)(H,27,29). The number of aromatic hydroxyl groups is 1. The van der Waals surface area contributed by atoms with Crippen LogP contribution in [0.5, 0.6) is 5.75 Å². The van der Waals surface area contributed by atoms with E-state index in [1.54, 1.807) is 12.1 Å². The first-order valence-corrected chi connectivity index (χ1v) is 11.1. The van der Waals surface area contributed by atoms with E-state index in [0.717, 1.165) is 66.4 Å². The van der Waals surface area contributed by atoms with Gasteiger partial charge in [0.1, 0.15) is 17.4 Å². The highest BCUT2D eigenvalue weighted by Gasteiger charge is 2.27. The zero-order valence-electron chi connectivity index (χ0n) is 18.0. The number of phenols is 1. The largest absolute Gasteiger partial charge is 0.508 e. The Labute approximate surface area is 186 Å². The minimum atomic E-state index is 0.172. The average Bonchev–Trinajstić information content (AvgIpc) is 3.43. The van der Waals surface area contributed by atoms with Crippen molar-refractivity contribution < 1.29 is 5.11 Å². The summed E-state index contributed by atoms with van der Waals surface area (Å²) in [4.78, 5) is 17.9. The highest BCUT2D eigenvalue weighted by atomic mass is 16.3. The van der Waals surface area contributed by atoms with E-state index in [9.17, 15) is 5.11 Å². The third-order valence-corrected chi connectivity index (χ3v) is 6.52. The highest BCUT2D eigenvalue weighted by molar-refractivity contribution is 6.04. The van der Waals surface area contributed by atoms with Crippen molar-refractivity contribution in [1.82, 2.24) is 25.1 Å². The molecule has 7 nitrogen and oxygen atoms in total. The van der Waals surface area contributed by atoms with Crippen LogP contribution >= 0.6 is 0 Å². The van der Waals surface area contributed by atoms with E-state index >= 15 is 0 Å². The van der Waals surface area contributed by atoms with Crippen LogP contribution in [0.4, 0.5) is 0 Å². The summed E-state index contributed by atoms with van der Waals surface area (Å²) in [6, 6.07) is 13.4. The number of fused-ring (bicyclic) bond motifs is 2. The van der Waals surface area contributed by atoms with Crippen LogP contribution < -0.4 is 5.32 Å². The van der Waals surface area contributed by atoms with Crippen LogP contribution in [-0.2, 0) is 0 Å². The Morgan fingerprint density at radius 3 is 2.59 bits per heavy atom. The summed E-state index contributed by atoms with van der Waals surface area (Å²) in [5.41, 5.74) is 6.37. The molecule has 1 aliphatic carbocycles. The van der Waals surface area contributed by atoms with Gasteiger partial charge in [-0.2, -0.15) is 0 Å². The molecule has 1 atom stereocenters. The Kier molecular flexibility index (Phi) is 4.50. The van der Waals surface area contributed by atoms with E-state index in [0.29, 0.717) is 0 Å². The number of nitrogens with zero attached hydrogens (tertiary/aromatic N) is 4. The Bertz CT molecular complexity index is 1260. The molecule has 0 saturated carbocycles. The first-order valence-electron chi connectivity index (χ1n) is 11.1. The fraction of sp³-hybridized carbons (Fsp3) is 0.280. The van der Waals surface area contributed by atoms with Crippen LogP contribution in [0.3, 0.4) is 0 Å². The molecule has 1 unspecified atom stereocenters.